The summed E-state index contributed by atoms with van der Waals surface area (Å²) in [5.74, 6) is 1.78. The number of ether oxygens (including phenoxy) is 2. The van der Waals surface area contributed by atoms with E-state index in [4.69, 9.17) is 21.1 Å². The van der Waals surface area contributed by atoms with Gasteiger partial charge in [0.05, 0.1) is 0 Å². The summed E-state index contributed by atoms with van der Waals surface area (Å²) in [6.07, 6.45) is 2.75. The van der Waals surface area contributed by atoms with Gasteiger partial charge in [0.15, 0.2) is 11.5 Å². The molecule has 1 aliphatic heterocycles. The van der Waals surface area contributed by atoms with Crippen molar-refractivity contribution in [3.63, 3.8) is 0 Å². The third-order valence-electron chi connectivity index (χ3n) is 3.91. The van der Waals surface area contributed by atoms with Crippen LogP contribution in [-0.4, -0.2) is 42.0 Å². The summed E-state index contributed by atoms with van der Waals surface area (Å²) in [7, 11) is 0. The zero-order valence-electron chi connectivity index (χ0n) is 11.3. The molecule has 1 amide bonds. The first-order chi connectivity index (χ1) is 9.79. The third-order valence-corrected chi connectivity index (χ3v) is 4.08. The van der Waals surface area contributed by atoms with Crippen LogP contribution < -0.4 is 9.47 Å². The lowest BCUT2D eigenvalue weighted by atomic mass is 9.91. The van der Waals surface area contributed by atoms with Gasteiger partial charge >= 0.3 is 0 Å². The Bertz CT molecular complexity index is 490. The van der Waals surface area contributed by atoms with Gasteiger partial charge in [-0.05, 0) is 31.4 Å². The molecule has 0 radical (unpaired) electrons. The summed E-state index contributed by atoms with van der Waals surface area (Å²) < 4.78 is 11.4. The maximum atomic E-state index is 12.6. The molecule has 1 fully saturated rings. The SMILES string of the molecule is O=C(C1COc2ccccc2O1)N(CCCl)C1CCC1. The molecule has 4 nitrogen and oxygen atoms in total. The van der Waals surface area contributed by atoms with Crippen molar-refractivity contribution in [2.75, 3.05) is 19.0 Å². The second kappa shape index (κ2) is 5.92. The molecule has 1 heterocycles. The van der Waals surface area contributed by atoms with Gasteiger partial charge in [0.25, 0.3) is 5.91 Å². The molecule has 108 valence electrons. The number of hydrogen-bond acceptors (Lipinski definition) is 3. The number of hydrogen-bond donors (Lipinski definition) is 0. The van der Waals surface area contributed by atoms with Gasteiger partial charge in [0.1, 0.15) is 6.61 Å². The Hall–Kier alpha value is -1.42. The molecule has 1 saturated carbocycles. The number of amides is 1. The fourth-order valence-electron chi connectivity index (χ4n) is 2.59. The van der Waals surface area contributed by atoms with Crippen LogP contribution in [0.3, 0.4) is 0 Å². The average Bonchev–Trinajstić information content (AvgIpc) is 2.43. The average molecular weight is 296 g/mol. The van der Waals surface area contributed by atoms with Crippen LogP contribution >= 0.6 is 11.6 Å². The summed E-state index contributed by atoms with van der Waals surface area (Å²) in [6.45, 7) is 0.841. The van der Waals surface area contributed by atoms with Crippen molar-refractivity contribution in [1.82, 2.24) is 4.90 Å². The molecule has 5 heteroatoms. The van der Waals surface area contributed by atoms with Crippen LogP contribution in [0.1, 0.15) is 19.3 Å². The van der Waals surface area contributed by atoms with Crippen molar-refractivity contribution in [3.8, 4) is 11.5 Å². The first kappa shape index (κ1) is 13.6. The summed E-state index contributed by atoms with van der Waals surface area (Å²) >= 11 is 5.82. The fourth-order valence-corrected chi connectivity index (χ4v) is 2.77. The van der Waals surface area contributed by atoms with Gasteiger partial charge < -0.3 is 14.4 Å². The smallest absolute Gasteiger partial charge is 0.267 e. The standard InChI is InChI=1S/C15H18ClNO3/c16-8-9-17(11-4-3-5-11)15(18)14-10-19-12-6-1-2-7-13(12)20-14/h1-2,6-7,11,14H,3-5,8-10H2. The lowest BCUT2D eigenvalue weighted by Gasteiger charge is -2.39. The largest absolute Gasteiger partial charge is 0.485 e. The van der Waals surface area contributed by atoms with Crippen molar-refractivity contribution in [2.45, 2.75) is 31.4 Å². The van der Waals surface area contributed by atoms with Gasteiger partial charge in [-0.1, -0.05) is 12.1 Å². The Labute approximate surface area is 123 Å². The lowest BCUT2D eigenvalue weighted by Crippen LogP contribution is -2.52. The zero-order valence-corrected chi connectivity index (χ0v) is 12.0. The number of carbonyl (C=O) groups excluding carboxylic acids is 1. The van der Waals surface area contributed by atoms with Gasteiger partial charge in [0, 0.05) is 18.5 Å². The van der Waals surface area contributed by atoms with Gasteiger partial charge in [-0.25, -0.2) is 0 Å². The monoisotopic (exact) mass is 295 g/mol. The van der Waals surface area contributed by atoms with Crippen LogP contribution in [-0.2, 0) is 4.79 Å². The third kappa shape index (κ3) is 2.57. The van der Waals surface area contributed by atoms with E-state index in [0.29, 0.717) is 30.0 Å². The maximum absolute atomic E-state index is 12.6. The molecule has 1 aliphatic carbocycles. The molecule has 0 bridgehead atoms. The number of carbonyl (C=O) groups is 1. The molecule has 0 aromatic heterocycles. The highest BCUT2D eigenvalue weighted by Gasteiger charge is 2.35. The van der Waals surface area contributed by atoms with E-state index in [-0.39, 0.29) is 12.5 Å². The van der Waals surface area contributed by atoms with E-state index in [1.165, 1.54) is 6.42 Å². The minimum Gasteiger partial charge on any atom is -0.485 e. The summed E-state index contributed by atoms with van der Waals surface area (Å²) in [5.41, 5.74) is 0. The van der Waals surface area contributed by atoms with E-state index in [9.17, 15) is 4.79 Å². The number of para-hydroxylation sites is 2. The fraction of sp³-hybridized carbons (Fsp3) is 0.533. The molecule has 0 N–H and O–H groups in total. The van der Waals surface area contributed by atoms with E-state index >= 15 is 0 Å². The molecule has 2 aliphatic rings. The molecule has 0 spiro atoms. The predicted octanol–water partition coefficient (Wildman–Crippen LogP) is 2.45. The van der Waals surface area contributed by atoms with Crippen LogP contribution in [0.25, 0.3) is 0 Å². The molecular weight excluding hydrogens is 278 g/mol. The normalized spacial score (nSPS) is 21.1. The molecular formula is C15H18ClNO3. The lowest BCUT2D eigenvalue weighted by molar-refractivity contribution is -0.145. The van der Waals surface area contributed by atoms with Crippen molar-refractivity contribution in [2.24, 2.45) is 0 Å². The quantitative estimate of drug-likeness (QED) is 0.801. The minimum atomic E-state index is -0.561. The van der Waals surface area contributed by atoms with Gasteiger partial charge in [-0.3, -0.25) is 4.79 Å². The van der Waals surface area contributed by atoms with E-state index in [2.05, 4.69) is 0 Å². The van der Waals surface area contributed by atoms with Crippen molar-refractivity contribution in [1.29, 1.82) is 0 Å². The summed E-state index contributed by atoms with van der Waals surface area (Å²) in [5, 5.41) is 0. The Balaban J connectivity index is 1.70. The topological polar surface area (TPSA) is 38.8 Å². The van der Waals surface area contributed by atoms with Crippen molar-refractivity contribution >= 4 is 17.5 Å². The van der Waals surface area contributed by atoms with E-state index in [1.807, 2.05) is 29.2 Å². The Morgan fingerprint density at radius 1 is 1.30 bits per heavy atom. The zero-order chi connectivity index (χ0) is 13.9. The molecule has 1 aromatic rings. The molecule has 1 atom stereocenters. The van der Waals surface area contributed by atoms with Gasteiger partial charge in [-0.15, -0.1) is 11.6 Å². The number of rotatable bonds is 4. The molecule has 1 aromatic carbocycles. The number of fused-ring (bicyclic) bond motifs is 1. The number of benzene rings is 1. The number of nitrogens with zero attached hydrogens (tertiary/aromatic N) is 1. The molecule has 20 heavy (non-hydrogen) atoms. The number of alkyl halides is 1. The van der Waals surface area contributed by atoms with Crippen LogP contribution in [0.2, 0.25) is 0 Å². The highest BCUT2D eigenvalue weighted by atomic mass is 35.5. The van der Waals surface area contributed by atoms with E-state index in [0.717, 1.165) is 12.8 Å². The second-order valence-corrected chi connectivity index (χ2v) is 5.55. The number of halogens is 1. The first-order valence-electron chi connectivity index (χ1n) is 7.04. The highest BCUT2D eigenvalue weighted by Crippen LogP contribution is 2.32. The van der Waals surface area contributed by atoms with E-state index < -0.39 is 6.10 Å². The Morgan fingerprint density at radius 2 is 2.05 bits per heavy atom. The van der Waals surface area contributed by atoms with Crippen LogP contribution in [0.15, 0.2) is 24.3 Å². The second-order valence-electron chi connectivity index (χ2n) is 5.17. The van der Waals surface area contributed by atoms with Gasteiger partial charge in [0.2, 0.25) is 6.10 Å². The summed E-state index contributed by atoms with van der Waals surface area (Å²) in [4.78, 5) is 14.5. The highest BCUT2D eigenvalue weighted by molar-refractivity contribution is 6.18. The predicted molar refractivity (Wildman–Crippen MR) is 76.4 cm³/mol. The first-order valence-corrected chi connectivity index (χ1v) is 7.58. The molecule has 1 unspecified atom stereocenters. The molecule has 0 saturated heterocycles. The van der Waals surface area contributed by atoms with Crippen LogP contribution in [0.5, 0.6) is 11.5 Å². The van der Waals surface area contributed by atoms with E-state index in [1.54, 1.807) is 0 Å². The van der Waals surface area contributed by atoms with Gasteiger partial charge in [-0.2, -0.15) is 0 Å². The van der Waals surface area contributed by atoms with Crippen LogP contribution in [0.4, 0.5) is 0 Å². The Morgan fingerprint density at radius 3 is 2.70 bits per heavy atom. The molecule has 3 rings (SSSR count). The Kier molecular flexibility index (Phi) is 4.01. The minimum absolute atomic E-state index is 0.00940. The van der Waals surface area contributed by atoms with Crippen LogP contribution in [0, 0.1) is 0 Å². The van der Waals surface area contributed by atoms with Crippen molar-refractivity contribution < 1.29 is 14.3 Å². The summed E-state index contributed by atoms with van der Waals surface area (Å²) in [6, 6.07) is 7.75. The van der Waals surface area contributed by atoms with Crippen molar-refractivity contribution in [3.05, 3.63) is 24.3 Å². The maximum Gasteiger partial charge on any atom is 0.267 e.